The van der Waals surface area contributed by atoms with Gasteiger partial charge in [0.2, 0.25) is 0 Å². The van der Waals surface area contributed by atoms with E-state index in [4.69, 9.17) is 9.47 Å². The van der Waals surface area contributed by atoms with E-state index < -0.39 is 6.10 Å². The van der Waals surface area contributed by atoms with Gasteiger partial charge in [-0.15, -0.1) is 0 Å². The number of benzene rings is 2. The Bertz CT molecular complexity index is 667. The minimum absolute atomic E-state index is 0.181. The normalized spacial score (nSPS) is 13.0. The molecule has 0 aliphatic rings. The van der Waals surface area contributed by atoms with Crippen LogP contribution in [0.2, 0.25) is 0 Å². The number of anilines is 1. The van der Waals surface area contributed by atoms with Crippen LogP contribution in [0.3, 0.4) is 0 Å². The summed E-state index contributed by atoms with van der Waals surface area (Å²) in [5.41, 5.74) is 1.84. The van der Waals surface area contributed by atoms with Crippen molar-refractivity contribution in [2.75, 3.05) is 12.4 Å². The molecule has 0 fully saturated rings. The van der Waals surface area contributed by atoms with Crippen molar-refractivity contribution < 1.29 is 14.3 Å². The number of nitrogens with one attached hydrogen (secondary N) is 1. The van der Waals surface area contributed by atoms with E-state index in [0.29, 0.717) is 11.6 Å². The van der Waals surface area contributed by atoms with Crippen molar-refractivity contribution in [3.8, 4) is 11.5 Å². The van der Waals surface area contributed by atoms with Gasteiger partial charge in [0.25, 0.3) is 5.91 Å². The molecule has 0 heterocycles. The quantitative estimate of drug-likeness (QED) is 0.807. The Kier molecular flexibility index (Phi) is 6.24. The van der Waals surface area contributed by atoms with Gasteiger partial charge in [-0.25, -0.2) is 0 Å². The van der Waals surface area contributed by atoms with Gasteiger partial charge in [0.05, 0.1) is 7.11 Å². The fourth-order valence-electron chi connectivity index (χ4n) is 2.38. The summed E-state index contributed by atoms with van der Waals surface area (Å²) >= 11 is 0. The number of hydrogen-bond donors (Lipinski definition) is 1. The van der Waals surface area contributed by atoms with Crippen LogP contribution in [0.25, 0.3) is 0 Å². The van der Waals surface area contributed by atoms with Crippen LogP contribution in [0.15, 0.2) is 48.5 Å². The van der Waals surface area contributed by atoms with Gasteiger partial charge in [-0.1, -0.05) is 32.0 Å². The highest BCUT2D eigenvalue weighted by Gasteiger charge is 2.18. The maximum Gasteiger partial charge on any atom is 0.265 e. The maximum atomic E-state index is 12.4. The van der Waals surface area contributed by atoms with E-state index in [-0.39, 0.29) is 5.91 Å². The second-order valence-corrected chi connectivity index (χ2v) is 5.82. The molecule has 2 aromatic rings. The van der Waals surface area contributed by atoms with E-state index in [0.717, 1.165) is 23.5 Å². The molecule has 24 heavy (non-hydrogen) atoms. The predicted molar refractivity (Wildman–Crippen MR) is 96.9 cm³/mol. The number of carbonyl (C=O) groups is 1. The van der Waals surface area contributed by atoms with Gasteiger partial charge in [0.1, 0.15) is 11.5 Å². The first-order chi connectivity index (χ1) is 11.5. The number of para-hydroxylation sites is 1. The van der Waals surface area contributed by atoms with Crippen molar-refractivity contribution in [2.24, 2.45) is 0 Å². The molecule has 2 atom stereocenters. The molecule has 1 amide bonds. The number of rotatable bonds is 7. The Hall–Kier alpha value is -2.49. The van der Waals surface area contributed by atoms with Crippen LogP contribution in [0.4, 0.5) is 5.69 Å². The zero-order chi connectivity index (χ0) is 17.5. The summed E-state index contributed by atoms with van der Waals surface area (Å²) in [6, 6.07) is 15.1. The zero-order valence-corrected chi connectivity index (χ0v) is 14.7. The van der Waals surface area contributed by atoms with Crippen LogP contribution < -0.4 is 14.8 Å². The molecule has 0 aromatic heterocycles. The van der Waals surface area contributed by atoms with E-state index in [1.54, 1.807) is 38.3 Å². The summed E-state index contributed by atoms with van der Waals surface area (Å²) in [5, 5.41) is 2.86. The Morgan fingerprint density at radius 2 is 1.75 bits per heavy atom. The van der Waals surface area contributed by atoms with Crippen molar-refractivity contribution in [1.29, 1.82) is 0 Å². The number of hydrogen-bond acceptors (Lipinski definition) is 3. The highest BCUT2D eigenvalue weighted by Crippen LogP contribution is 2.29. The molecule has 0 aliphatic heterocycles. The summed E-state index contributed by atoms with van der Waals surface area (Å²) in [6.07, 6.45) is 0.435. The fraction of sp³-hybridized carbons (Fsp3) is 0.350. The molecule has 1 N–H and O–H groups in total. The first-order valence-electron chi connectivity index (χ1n) is 8.25. The molecule has 0 spiro atoms. The second-order valence-electron chi connectivity index (χ2n) is 5.82. The van der Waals surface area contributed by atoms with Gasteiger partial charge in [0, 0.05) is 5.69 Å². The molecule has 0 saturated heterocycles. The summed E-state index contributed by atoms with van der Waals surface area (Å²) in [5.74, 6) is 1.72. The van der Waals surface area contributed by atoms with Crippen LogP contribution in [0.5, 0.6) is 11.5 Å². The first-order valence-corrected chi connectivity index (χ1v) is 8.25. The molecule has 0 radical (unpaired) electrons. The monoisotopic (exact) mass is 327 g/mol. The fourth-order valence-corrected chi connectivity index (χ4v) is 2.38. The van der Waals surface area contributed by atoms with Gasteiger partial charge in [-0.05, 0) is 55.2 Å². The van der Waals surface area contributed by atoms with Gasteiger partial charge < -0.3 is 14.8 Å². The van der Waals surface area contributed by atoms with Gasteiger partial charge in [0.15, 0.2) is 6.10 Å². The number of carbonyl (C=O) groups excluding carboxylic acids is 1. The maximum absolute atomic E-state index is 12.4. The van der Waals surface area contributed by atoms with Crippen molar-refractivity contribution in [2.45, 2.75) is 39.2 Å². The molecule has 2 unspecified atom stereocenters. The van der Waals surface area contributed by atoms with Crippen LogP contribution in [-0.4, -0.2) is 19.1 Å². The number of ether oxygens (including phenoxy) is 2. The van der Waals surface area contributed by atoms with E-state index in [1.807, 2.05) is 18.2 Å². The Morgan fingerprint density at radius 3 is 2.38 bits per heavy atom. The molecule has 0 aliphatic carbocycles. The molecule has 2 rings (SSSR count). The molecule has 4 nitrogen and oxygen atoms in total. The molecular formula is C20H25NO3. The largest absolute Gasteiger partial charge is 0.497 e. The third-order valence-electron chi connectivity index (χ3n) is 4.09. The Labute approximate surface area is 143 Å². The van der Waals surface area contributed by atoms with Crippen LogP contribution >= 0.6 is 0 Å². The third kappa shape index (κ3) is 4.51. The summed E-state index contributed by atoms with van der Waals surface area (Å²) < 4.78 is 11.0. The minimum Gasteiger partial charge on any atom is -0.497 e. The smallest absolute Gasteiger partial charge is 0.265 e. The lowest BCUT2D eigenvalue weighted by molar-refractivity contribution is -0.122. The SMILES string of the molecule is CCC(C)c1ccccc1OC(C)C(=O)Nc1ccc(OC)cc1. The van der Waals surface area contributed by atoms with Gasteiger partial charge in [-0.2, -0.15) is 0 Å². The molecule has 4 heteroatoms. The predicted octanol–water partition coefficient (Wildman–Crippen LogP) is 4.61. The van der Waals surface area contributed by atoms with Crippen molar-refractivity contribution in [3.63, 3.8) is 0 Å². The molecule has 0 bridgehead atoms. The zero-order valence-electron chi connectivity index (χ0n) is 14.7. The van der Waals surface area contributed by atoms with Crippen molar-refractivity contribution in [3.05, 3.63) is 54.1 Å². The topological polar surface area (TPSA) is 47.6 Å². The molecular weight excluding hydrogens is 302 g/mol. The van der Waals surface area contributed by atoms with Crippen molar-refractivity contribution >= 4 is 11.6 Å². The average molecular weight is 327 g/mol. The minimum atomic E-state index is -0.586. The molecule has 128 valence electrons. The van der Waals surface area contributed by atoms with Gasteiger partial charge in [-0.3, -0.25) is 4.79 Å². The second kappa shape index (κ2) is 8.39. The lowest BCUT2D eigenvalue weighted by Gasteiger charge is -2.19. The van der Waals surface area contributed by atoms with E-state index >= 15 is 0 Å². The van der Waals surface area contributed by atoms with Crippen LogP contribution in [0, 0.1) is 0 Å². The third-order valence-corrected chi connectivity index (χ3v) is 4.09. The van der Waals surface area contributed by atoms with Gasteiger partial charge >= 0.3 is 0 Å². The molecule has 2 aromatic carbocycles. The molecule has 0 saturated carbocycles. The van der Waals surface area contributed by atoms with E-state index in [9.17, 15) is 4.79 Å². The number of methoxy groups -OCH3 is 1. The Balaban J connectivity index is 2.03. The van der Waals surface area contributed by atoms with E-state index in [2.05, 4.69) is 25.2 Å². The Morgan fingerprint density at radius 1 is 1.08 bits per heavy atom. The summed E-state index contributed by atoms with van der Waals surface area (Å²) in [6.45, 7) is 6.05. The first kappa shape index (κ1) is 17.9. The van der Waals surface area contributed by atoms with Crippen molar-refractivity contribution in [1.82, 2.24) is 0 Å². The van der Waals surface area contributed by atoms with Crippen LogP contribution in [-0.2, 0) is 4.79 Å². The highest BCUT2D eigenvalue weighted by molar-refractivity contribution is 5.94. The number of amides is 1. The summed E-state index contributed by atoms with van der Waals surface area (Å²) in [7, 11) is 1.61. The lowest BCUT2D eigenvalue weighted by atomic mass is 9.98. The standard InChI is InChI=1S/C20H25NO3/c1-5-14(2)18-8-6-7-9-19(18)24-15(3)20(22)21-16-10-12-17(23-4)13-11-16/h6-15H,5H2,1-4H3,(H,21,22). The van der Waals surface area contributed by atoms with E-state index in [1.165, 1.54) is 0 Å². The summed E-state index contributed by atoms with van der Waals surface area (Å²) in [4.78, 5) is 12.4. The lowest BCUT2D eigenvalue weighted by Crippen LogP contribution is -2.30. The average Bonchev–Trinajstić information content (AvgIpc) is 2.62. The van der Waals surface area contributed by atoms with Crippen LogP contribution in [0.1, 0.15) is 38.7 Å². The highest BCUT2D eigenvalue weighted by atomic mass is 16.5.